The standard InChI is InChI=1S/C11H21N3O4/c1-5-8(10(16)17)14(4)6-9(15)13-11(18)12-7(2)3/h7-8H,5-6H2,1-4H3,(H,16,17)(H2,12,13,15,18). The van der Waals surface area contributed by atoms with Gasteiger partial charge in [-0.25, -0.2) is 4.79 Å². The monoisotopic (exact) mass is 259 g/mol. The molecule has 18 heavy (non-hydrogen) atoms. The topological polar surface area (TPSA) is 98.7 Å². The minimum Gasteiger partial charge on any atom is -0.480 e. The number of hydrogen-bond donors (Lipinski definition) is 3. The summed E-state index contributed by atoms with van der Waals surface area (Å²) in [6.07, 6.45) is 0.386. The van der Waals surface area contributed by atoms with Gasteiger partial charge in [0.1, 0.15) is 6.04 Å². The van der Waals surface area contributed by atoms with Crippen LogP contribution in [0.3, 0.4) is 0 Å². The van der Waals surface area contributed by atoms with Gasteiger partial charge in [0.15, 0.2) is 0 Å². The van der Waals surface area contributed by atoms with Gasteiger partial charge in [0.05, 0.1) is 6.54 Å². The Morgan fingerprint density at radius 2 is 1.83 bits per heavy atom. The number of likely N-dealkylation sites (N-methyl/N-ethyl adjacent to an activating group) is 1. The van der Waals surface area contributed by atoms with E-state index in [-0.39, 0.29) is 12.6 Å². The summed E-state index contributed by atoms with van der Waals surface area (Å²) in [6.45, 7) is 5.12. The van der Waals surface area contributed by atoms with Crippen molar-refractivity contribution in [2.75, 3.05) is 13.6 Å². The van der Waals surface area contributed by atoms with E-state index in [1.807, 2.05) is 0 Å². The highest BCUT2D eigenvalue weighted by molar-refractivity contribution is 5.95. The second-order valence-electron chi connectivity index (χ2n) is 4.35. The molecule has 0 saturated carbocycles. The Bertz CT molecular complexity index is 317. The van der Waals surface area contributed by atoms with Crippen molar-refractivity contribution in [3.63, 3.8) is 0 Å². The molecule has 0 rings (SSSR count). The third-order valence-corrected chi connectivity index (χ3v) is 2.27. The van der Waals surface area contributed by atoms with E-state index >= 15 is 0 Å². The number of carbonyl (C=O) groups excluding carboxylic acids is 2. The highest BCUT2D eigenvalue weighted by atomic mass is 16.4. The molecule has 7 nitrogen and oxygen atoms in total. The Morgan fingerprint density at radius 3 is 2.22 bits per heavy atom. The number of hydrogen-bond acceptors (Lipinski definition) is 4. The molecule has 3 amide bonds. The zero-order valence-corrected chi connectivity index (χ0v) is 11.2. The maximum absolute atomic E-state index is 11.5. The fraction of sp³-hybridized carbons (Fsp3) is 0.727. The molecule has 0 radical (unpaired) electrons. The van der Waals surface area contributed by atoms with Crippen molar-refractivity contribution in [1.29, 1.82) is 0 Å². The van der Waals surface area contributed by atoms with Gasteiger partial charge < -0.3 is 10.4 Å². The summed E-state index contributed by atoms with van der Waals surface area (Å²) >= 11 is 0. The largest absolute Gasteiger partial charge is 0.480 e. The SMILES string of the molecule is CCC(C(=O)O)N(C)CC(=O)NC(=O)NC(C)C. The smallest absolute Gasteiger partial charge is 0.321 e. The van der Waals surface area contributed by atoms with Gasteiger partial charge in [-0.15, -0.1) is 0 Å². The van der Waals surface area contributed by atoms with Crippen LogP contribution in [0.25, 0.3) is 0 Å². The molecule has 3 N–H and O–H groups in total. The fourth-order valence-corrected chi connectivity index (χ4v) is 1.48. The summed E-state index contributed by atoms with van der Waals surface area (Å²) in [5, 5.41) is 13.5. The molecule has 0 bridgehead atoms. The molecule has 0 fully saturated rings. The van der Waals surface area contributed by atoms with Gasteiger partial charge in [-0.05, 0) is 27.3 Å². The lowest BCUT2D eigenvalue weighted by Crippen LogP contribution is -2.48. The van der Waals surface area contributed by atoms with E-state index in [4.69, 9.17) is 5.11 Å². The lowest BCUT2D eigenvalue weighted by Gasteiger charge is -2.22. The predicted octanol–water partition coefficient (Wildman–Crippen LogP) is 0.0156. The quantitative estimate of drug-likeness (QED) is 0.624. The fourth-order valence-electron chi connectivity index (χ4n) is 1.48. The number of amides is 3. The molecule has 0 spiro atoms. The summed E-state index contributed by atoms with van der Waals surface area (Å²) in [5.41, 5.74) is 0. The number of imide groups is 1. The van der Waals surface area contributed by atoms with Crippen molar-refractivity contribution >= 4 is 17.9 Å². The molecule has 0 aromatic carbocycles. The first-order valence-electron chi connectivity index (χ1n) is 5.81. The second kappa shape index (κ2) is 7.65. The number of urea groups is 1. The van der Waals surface area contributed by atoms with Crippen LogP contribution in [0.4, 0.5) is 4.79 Å². The number of aliphatic carboxylic acids is 1. The molecule has 104 valence electrons. The minimum absolute atomic E-state index is 0.0714. The van der Waals surface area contributed by atoms with Crippen molar-refractivity contribution < 1.29 is 19.5 Å². The Morgan fingerprint density at radius 1 is 1.28 bits per heavy atom. The third kappa shape index (κ3) is 6.19. The first-order chi connectivity index (χ1) is 8.27. The molecular formula is C11H21N3O4. The second-order valence-corrected chi connectivity index (χ2v) is 4.35. The minimum atomic E-state index is -0.987. The Labute approximate surface area is 107 Å². The van der Waals surface area contributed by atoms with E-state index in [1.54, 1.807) is 20.8 Å². The number of carboxylic acid groups (broad SMARTS) is 1. The number of nitrogens with zero attached hydrogens (tertiary/aromatic N) is 1. The average molecular weight is 259 g/mol. The van der Waals surface area contributed by atoms with Crippen LogP contribution in [0, 0.1) is 0 Å². The van der Waals surface area contributed by atoms with Gasteiger partial charge in [-0.1, -0.05) is 6.92 Å². The lowest BCUT2D eigenvalue weighted by atomic mass is 10.2. The van der Waals surface area contributed by atoms with E-state index in [9.17, 15) is 14.4 Å². The predicted molar refractivity (Wildman–Crippen MR) is 66.2 cm³/mol. The lowest BCUT2D eigenvalue weighted by molar-refractivity contribution is -0.143. The van der Waals surface area contributed by atoms with Crippen LogP contribution in [0.2, 0.25) is 0 Å². The molecule has 0 aliphatic rings. The maximum Gasteiger partial charge on any atom is 0.321 e. The average Bonchev–Trinajstić information content (AvgIpc) is 2.14. The van der Waals surface area contributed by atoms with Crippen molar-refractivity contribution in [2.24, 2.45) is 0 Å². The van der Waals surface area contributed by atoms with Gasteiger partial charge in [-0.2, -0.15) is 0 Å². The van der Waals surface area contributed by atoms with E-state index in [0.717, 1.165) is 0 Å². The summed E-state index contributed by atoms with van der Waals surface area (Å²) < 4.78 is 0. The van der Waals surface area contributed by atoms with Gasteiger partial charge >= 0.3 is 12.0 Å². The summed E-state index contributed by atoms with van der Waals surface area (Å²) in [7, 11) is 1.53. The summed E-state index contributed by atoms with van der Waals surface area (Å²) in [6, 6.07) is -1.38. The van der Waals surface area contributed by atoms with Gasteiger partial charge in [0.25, 0.3) is 0 Å². The third-order valence-electron chi connectivity index (χ3n) is 2.27. The number of carbonyl (C=O) groups is 3. The molecule has 0 aromatic heterocycles. The molecule has 0 aliphatic carbocycles. The van der Waals surface area contributed by atoms with Crippen LogP contribution in [0.15, 0.2) is 0 Å². The van der Waals surface area contributed by atoms with E-state index in [2.05, 4.69) is 10.6 Å². The van der Waals surface area contributed by atoms with Crippen LogP contribution < -0.4 is 10.6 Å². The van der Waals surface area contributed by atoms with Crippen LogP contribution in [-0.2, 0) is 9.59 Å². The van der Waals surface area contributed by atoms with E-state index in [1.165, 1.54) is 11.9 Å². The maximum atomic E-state index is 11.5. The van der Waals surface area contributed by atoms with Crippen molar-refractivity contribution in [3.05, 3.63) is 0 Å². The molecule has 7 heteroatoms. The number of carboxylic acids is 1. The molecule has 0 aromatic rings. The molecule has 0 heterocycles. The first kappa shape index (κ1) is 16.4. The van der Waals surface area contributed by atoms with Gasteiger partial charge in [0, 0.05) is 6.04 Å². The molecule has 0 saturated heterocycles. The molecular weight excluding hydrogens is 238 g/mol. The summed E-state index contributed by atoms with van der Waals surface area (Å²) in [5.74, 6) is -1.52. The van der Waals surface area contributed by atoms with Crippen LogP contribution >= 0.6 is 0 Å². The Balaban J connectivity index is 4.23. The molecule has 1 unspecified atom stereocenters. The number of nitrogens with one attached hydrogen (secondary N) is 2. The Kier molecular flexibility index (Phi) is 6.96. The summed E-state index contributed by atoms with van der Waals surface area (Å²) in [4.78, 5) is 35.0. The number of rotatable bonds is 6. The van der Waals surface area contributed by atoms with Crippen molar-refractivity contribution in [1.82, 2.24) is 15.5 Å². The zero-order chi connectivity index (χ0) is 14.3. The van der Waals surface area contributed by atoms with Crippen LogP contribution in [-0.4, -0.2) is 53.6 Å². The van der Waals surface area contributed by atoms with E-state index < -0.39 is 23.9 Å². The zero-order valence-electron chi connectivity index (χ0n) is 11.2. The normalized spacial score (nSPS) is 12.3. The Hall–Kier alpha value is -1.63. The highest BCUT2D eigenvalue weighted by Gasteiger charge is 2.22. The van der Waals surface area contributed by atoms with Crippen molar-refractivity contribution in [3.8, 4) is 0 Å². The molecule has 0 aliphatic heterocycles. The van der Waals surface area contributed by atoms with Crippen LogP contribution in [0.5, 0.6) is 0 Å². The van der Waals surface area contributed by atoms with Crippen molar-refractivity contribution in [2.45, 2.75) is 39.3 Å². The van der Waals surface area contributed by atoms with E-state index in [0.29, 0.717) is 6.42 Å². The van der Waals surface area contributed by atoms with Crippen LogP contribution in [0.1, 0.15) is 27.2 Å². The van der Waals surface area contributed by atoms with Gasteiger partial charge in [0.2, 0.25) is 5.91 Å². The first-order valence-corrected chi connectivity index (χ1v) is 5.81. The highest BCUT2D eigenvalue weighted by Crippen LogP contribution is 2.01. The molecule has 1 atom stereocenters. The van der Waals surface area contributed by atoms with Gasteiger partial charge in [-0.3, -0.25) is 19.8 Å².